The Morgan fingerprint density at radius 3 is 2.51 bits per heavy atom. The lowest BCUT2D eigenvalue weighted by atomic mass is 10.1. The number of aldehydes is 1. The highest BCUT2D eigenvalue weighted by Gasteiger charge is 2.28. The second-order valence-corrected chi connectivity index (χ2v) is 10.6. The smallest absolute Gasteiger partial charge is 0.332 e. The van der Waals surface area contributed by atoms with Crippen molar-refractivity contribution in [2.45, 2.75) is 32.0 Å². The van der Waals surface area contributed by atoms with E-state index in [4.69, 9.17) is 14.2 Å². The molecule has 0 aliphatic carbocycles. The maximum Gasteiger partial charge on any atom is 0.332 e. The fraction of sp³-hybridized carbons (Fsp3) is 0.444. The van der Waals surface area contributed by atoms with E-state index in [0.717, 1.165) is 4.57 Å². The molecule has 4 aromatic rings. The quantitative estimate of drug-likeness (QED) is 0.161. The average molecular weight is 589 g/mol. The summed E-state index contributed by atoms with van der Waals surface area (Å²) in [5.41, 5.74) is -0.152. The molecule has 4 rings (SSSR count). The lowest BCUT2D eigenvalue weighted by Gasteiger charge is -2.25. The SMILES string of the molecule is COCCO[C@@H](Cn1c(=O)n([C@@H](CC=O)CN(C)C)c(=O)c2c(C)c(-n3nccn3)sc21)c1cc(F)ccc1OC. The summed E-state index contributed by atoms with van der Waals surface area (Å²) < 4.78 is 33.8. The van der Waals surface area contributed by atoms with Crippen molar-refractivity contribution in [2.75, 3.05) is 48.1 Å². The van der Waals surface area contributed by atoms with Crippen LogP contribution in [0, 0.1) is 12.7 Å². The minimum atomic E-state index is -0.852. The highest BCUT2D eigenvalue weighted by atomic mass is 32.1. The molecule has 0 amide bonds. The van der Waals surface area contributed by atoms with Crippen LogP contribution in [0.1, 0.15) is 29.7 Å². The van der Waals surface area contributed by atoms with Crippen LogP contribution in [0.3, 0.4) is 0 Å². The number of aromatic nitrogens is 5. The Balaban J connectivity index is 2.00. The molecule has 0 radical (unpaired) electrons. The van der Waals surface area contributed by atoms with Gasteiger partial charge in [0.15, 0.2) is 0 Å². The number of likely N-dealkylation sites (N-methyl/N-ethyl adjacent to an activating group) is 1. The maximum atomic E-state index is 14.4. The van der Waals surface area contributed by atoms with Crippen molar-refractivity contribution in [3.8, 4) is 10.8 Å². The van der Waals surface area contributed by atoms with Crippen LogP contribution in [-0.4, -0.2) is 83.4 Å². The molecule has 0 saturated heterocycles. The molecule has 12 nitrogen and oxygen atoms in total. The molecule has 0 aliphatic heterocycles. The van der Waals surface area contributed by atoms with Gasteiger partial charge in [-0.15, -0.1) is 4.80 Å². The number of carbonyl (C=O) groups excluding carboxylic acids is 1. The first kappa shape index (κ1) is 30.2. The third-order valence-corrected chi connectivity index (χ3v) is 7.90. The van der Waals surface area contributed by atoms with E-state index >= 15 is 0 Å². The largest absolute Gasteiger partial charge is 0.496 e. The molecular weight excluding hydrogens is 555 g/mol. The maximum absolute atomic E-state index is 14.4. The first-order chi connectivity index (χ1) is 19.7. The number of fused-ring (bicyclic) bond motifs is 1. The van der Waals surface area contributed by atoms with Gasteiger partial charge in [-0.1, -0.05) is 11.3 Å². The number of halogens is 1. The molecule has 220 valence electrons. The fourth-order valence-corrected chi connectivity index (χ4v) is 6.00. The van der Waals surface area contributed by atoms with Crippen LogP contribution in [-0.2, 0) is 20.8 Å². The zero-order valence-electron chi connectivity index (χ0n) is 23.6. The van der Waals surface area contributed by atoms with Crippen LogP contribution < -0.4 is 16.0 Å². The molecular formula is C27H33FN6O6S. The van der Waals surface area contributed by atoms with E-state index in [1.54, 1.807) is 21.0 Å². The minimum Gasteiger partial charge on any atom is -0.496 e. The molecule has 0 bridgehead atoms. The monoisotopic (exact) mass is 588 g/mol. The molecule has 14 heteroatoms. The van der Waals surface area contributed by atoms with Crippen LogP contribution in [0.2, 0.25) is 0 Å². The van der Waals surface area contributed by atoms with E-state index in [1.165, 1.54) is 65.5 Å². The molecule has 0 aliphatic rings. The fourth-order valence-electron chi connectivity index (χ4n) is 4.78. The van der Waals surface area contributed by atoms with Crippen LogP contribution >= 0.6 is 11.3 Å². The number of benzene rings is 1. The average Bonchev–Trinajstić information content (AvgIpc) is 3.58. The predicted molar refractivity (Wildman–Crippen MR) is 152 cm³/mol. The lowest BCUT2D eigenvalue weighted by Crippen LogP contribution is -2.45. The Hall–Kier alpha value is -3.72. The van der Waals surface area contributed by atoms with Crippen LogP contribution in [0.25, 0.3) is 15.2 Å². The van der Waals surface area contributed by atoms with Gasteiger partial charge in [0.2, 0.25) is 0 Å². The number of aryl methyl sites for hydroxylation is 1. The van der Waals surface area contributed by atoms with Crippen LogP contribution in [0.5, 0.6) is 5.75 Å². The summed E-state index contributed by atoms with van der Waals surface area (Å²) in [5, 5.41) is 9.29. The number of ether oxygens (including phenoxy) is 3. The standard InChI is InChI=1S/C27H33FN6O6S/c1-17-23-24(36)33(19(8-11-35)15-31(2)3)27(37)32(26(23)41-25(17)34-29-9-10-30-34)16-22(40-13-12-38-4)20-14-18(28)6-7-21(20)39-5/h6-7,9-11,14,19,22H,8,12-13,15-16H2,1-5H3/t19-,22-/m0/s1. The second-order valence-electron chi connectivity index (χ2n) is 9.66. The van der Waals surface area contributed by atoms with Gasteiger partial charge < -0.3 is 23.9 Å². The highest BCUT2D eigenvalue weighted by Crippen LogP contribution is 2.34. The lowest BCUT2D eigenvalue weighted by molar-refractivity contribution is -0.108. The van der Waals surface area contributed by atoms with Crippen molar-refractivity contribution in [3.63, 3.8) is 0 Å². The summed E-state index contributed by atoms with van der Waals surface area (Å²) >= 11 is 1.18. The molecule has 1 aromatic carbocycles. The summed E-state index contributed by atoms with van der Waals surface area (Å²) in [6.45, 7) is 2.37. The number of hydrogen-bond donors (Lipinski definition) is 0. The van der Waals surface area contributed by atoms with Crippen molar-refractivity contribution >= 4 is 27.8 Å². The predicted octanol–water partition coefficient (Wildman–Crippen LogP) is 2.36. The van der Waals surface area contributed by atoms with E-state index in [0.29, 0.717) is 38.4 Å². The Morgan fingerprint density at radius 2 is 1.88 bits per heavy atom. The summed E-state index contributed by atoms with van der Waals surface area (Å²) in [6, 6.07) is 3.34. The summed E-state index contributed by atoms with van der Waals surface area (Å²) in [5.74, 6) is -0.124. The Kier molecular flexibility index (Phi) is 9.81. The van der Waals surface area contributed by atoms with Gasteiger partial charge in [0.1, 0.15) is 33.8 Å². The zero-order chi connectivity index (χ0) is 29.7. The van der Waals surface area contributed by atoms with Crippen molar-refractivity contribution in [1.29, 1.82) is 0 Å². The molecule has 0 fully saturated rings. The van der Waals surface area contributed by atoms with Crippen molar-refractivity contribution in [1.82, 2.24) is 29.0 Å². The van der Waals surface area contributed by atoms with Gasteiger partial charge in [-0.25, -0.2) is 9.18 Å². The van der Waals surface area contributed by atoms with Crippen LogP contribution in [0.15, 0.2) is 40.2 Å². The van der Waals surface area contributed by atoms with Gasteiger partial charge in [0, 0.05) is 31.2 Å². The number of rotatable bonds is 14. The second kappa shape index (κ2) is 13.3. The molecule has 0 spiro atoms. The number of thiophene rings is 1. The van der Waals surface area contributed by atoms with E-state index in [2.05, 4.69) is 10.2 Å². The molecule has 3 aromatic heterocycles. The number of carbonyl (C=O) groups is 1. The van der Waals surface area contributed by atoms with Crippen molar-refractivity contribution < 1.29 is 23.4 Å². The number of methoxy groups -OCH3 is 2. The molecule has 3 heterocycles. The molecule has 0 unspecified atom stereocenters. The Bertz CT molecular complexity index is 1610. The Labute approximate surface area is 239 Å². The van der Waals surface area contributed by atoms with Gasteiger partial charge in [-0.3, -0.25) is 13.9 Å². The van der Waals surface area contributed by atoms with Gasteiger partial charge in [-0.2, -0.15) is 10.2 Å². The topological polar surface area (TPSA) is 123 Å². The van der Waals surface area contributed by atoms with Crippen molar-refractivity contribution in [2.24, 2.45) is 0 Å². The van der Waals surface area contributed by atoms with Crippen LogP contribution in [0.4, 0.5) is 4.39 Å². The van der Waals surface area contributed by atoms with E-state index in [9.17, 15) is 18.8 Å². The first-order valence-electron chi connectivity index (χ1n) is 12.9. The van der Waals surface area contributed by atoms with Gasteiger partial charge in [0.25, 0.3) is 5.56 Å². The van der Waals surface area contributed by atoms with Gasteiger partial charge >= 0.3 is 5.69 Å². The summed E-state index contributed by atoms with van der Waals surface area (Å²) in [6.07, 6.45) is 2.84. The zero-order valence-corrected chi connectivity index (χ0v) is 24.4. The summed E-state index contributed by atoms with van der Waals surface area (Å²) in [7, 11) is 6.59. The van der Waals surface area contributed by atoms with Crippen molar-refractivity contribution in [3.05, 3.63) is 68.4 Å². The minimum absolute atomic E-state index is 0.0406. The third-order valence-electron chi connectivity index (χ3n) is 6.62. The number of hydrogen-bond acceptors (Lipinski definition) is 10. The molecule has 0 saturated carbocycles. The molecule has 2 atom stereocenters. The van der Waals surface area contributed by atoms with E-state index in [1.807, 2.05) is 4.90 Å². The first-order valence-corrected chi connectivity index (χ1v) is 13.7. The normalized spacial score (nSPS) is 13.1. The van der Waals surface area contributed by atoms with Gasteiger partial charge in [-0.05, 0) is 39.2 Å². The molecule has 0 N–H and O–H groups in total. The highest BCUT2D eigenvalue weighted by molar-refractivity contribution is 7.21. The molecule has 41 heavy (non-hydrogen) atoms. The Morgan fingerprint density at radius 1 is 1.15 bits per heavy atom. The summed E-state index contributed by atoms with van der Waals surface area (Å²) in [4.78, 5) is 43.4. The number of nitrogens with zero attached hydrogens (tertiary/aromatic N) is 6. The van der Waals surface area contributed by atoms with E-state index < -0.39 is 29.2 Å². The van der Waals surface area contributed by atoms with Gasteiger partial charge in [0.05, 0.1) is 50.7 Å². The van der Waals surface area contributed by atoms with E-state index in [-0.39, 0.29) is 32.7 Å². The third kappa shape index (κ3) is 6.30.